The molecule has 6 rings (SSSR count). The Balaban J connectivity index is 1.48. The van der Waals surface area contributed by atoms with Crippen LogP contribution in [-0.4, -0.2) is 0 Å². The predicted octanol–water partition coefficient (Wildman–Crippen LogP) is 6.40. The van der Waals surface area contributed by atoms with E-state index in [4.69, 9.17) is 0 Å². The van der Waals surface area contributed by atoms with E-state index in [0.29, 0.717) is 10.8 Å². The molecule has 0 spiro atoms. The van der Waals surface area contributed by atoms with Crippen molar-refractivity contribution >= 4 is 0 Å². The highest BCUT2D eigenvalue weighted by Gasteiger charge is 2.89. The van der Waals surface area contributed by atoms with Gasteiger partial charge in [0.2, 0.25) is 0 Å². The Morgan fingerprint density at radius 3 is 1.42 bits per heavy atom. The Bertz CT molecular complexity index is 570. The molecule has 0 aromatic rings. The van der Waals surface area contributed by atoms with Crippen LogP contribution in [0.2, 0.25) is 0 Å². The molecule has 0 nitrogen and oxygen atoms in total. The van der Waals surface area contributed by atoms with Gasteiger partial charge in [-0.25, -0.2) is 0 Å². The van der Waals surface area contributed by atoms with E-state index in [1.165, 1.54) is 12.8 Å². The Morgan fingerprint density at radius 1 is 0.625 bits per heavy atom. The average Bonchev–Trinajstić information content (AvgIpc) is 3.31. The quantitative estimate of drug-likeness (QED) is 0.515. The van der Waals surface area contributed by atoms with Crippen molar-refractivity contribution in [2.24, 2.45) is 69.0 Å². The van der Waals surface area contributed by atoms with Crippen LogP contribution in [0.25, 0.3) is 0 Å². The van der Waals surface area contributed by atoms with Crippen molar-refractivity contribution in [3.05, 3.63) is 0 Å². The smallest absolute Gasteiger partial charge is 0.0201 e. The molecular formula is C24H38. The number of rotatable bonds is 2. The van der Waals surface area contributed by atoms with E-state index in [-0.39, 0.29) is 0 Å². The van der Waals surface area contributed by atoms with Crippen molar-refractivity contribution in [3.63, 3.8) is 0 Å². The fraction of sp³-hybridized carbons (Fsp3) is 1.00. The number of hydrogen-bond donors (Lipinski definition) is 0. The lowest BCUT2D eigenvalue weighted by atomic mass is 9.23. The first-order chi connectivity index (χ1) is 11.3. The second-order valence-corrected chi connectivity index (χ2v) is 12.0. The zero-order valence-electron chi connectivity index (χ0n) is 16.9. The molecule has 12 unspecified atom stereocenters. The van der Waals surface area contributed by atoms with Crippen molar-refractivity contribution in [2.75, 3.05) is 0 Å². The molecule has 0 aromatic heterocycles. The molecule has 6 aliphatic rings. The Morgan fingerprint density at radius 2 is 1.04 bits per heavy atom. The van der Waals surface area contributed by atoms with Crippen LogP contribution in [0.15, 0.2) is 0 Å². The molecule has 24 heavy (non-hydrogen) atoms. The lowest BCUT2D eigenvalue weighted by Gasteiger charge is -2.81. The average molecular weight is 327 g/mol. The van der Waals surface area contributed by atoms with Gasteiger partial charge in [0.1, 0.15) is 0 Å². The summed E-state index contributed by atoms with van der Waals surface area (Å²) >= 11 is 0. The summed E-state index contributed by atoms with van der Waals surface area (Å²) < 4.78 is 0. The van der Waals surface area contributed by atoms with E-state index in [2.05, 4.69) is 41.5 Å². The fourth-order valence-corrected chi connectivity index (χ4v) is 11.9. The van der Waals surface area contributed by atoms with E-state index < -0.39 is 0 Å². The Labute approximate surface area is 149 Å². The molecule has 4 bridgehead atoms. The van der Waals surface area contributed by atoms with Crippen LogP contribution in [0.3, 0.4) is 0 Å². The van der Waals surface area contributed by atoms with Crippen LogP contribution in [0, 0.1) is 69.0 Å². The van der Waals surface area contributed by atoms with Gasteiger partial charge in [-0.05, 0) is 108 Å². The maximum Gasteiger partial charge on any atom is -0.0201 e. The van der Waals surface area contributed by atoms with Gasteiger partial charge in [0.15, 0.2) is 0 Å². The van der Waals surface area contributed by atoms with Crippen molar-refractivity contribution in [3.8, 4) is 0 Å². The van der Waals surface area contributed by atoms with Crippen LogP contribution in [0.4, 0.5) is 0 Å². The van der Waals surface area contributed by atoms with Crippen molar-refractivity contribution in [1.82, 2.24) is 0 Å². The van der Waals surface area contributed by atoms with Gasteiger partial charge < -0.3 is 0 Å². The second kappa shape index (κ2) is 3.82. The summed E-state index contributed by atoms with van der Waals surface area (Å²) in [4.78, 5) is 0. The molecule has 0 N–H and O–H groups in total. The number of fused-ring (bicyclic) bond motifs is 15. The van der Waals surface area contributed by atoms with Crippen LogP contribution < -0.4 is 0 Å². The summed E-state index contributed by atoms with van der Waals surface area (Å²) in [5.74, 6) is 8.79. The van der Waals surface area contributed by atoms with E-state index >= 15 is 0 Å². The topological polar surface area (TPSA) is 0 Å². The summed E-state index contributed by atoms with van der Waals surface area (Å²) in [6.07, 6.45) is 9.22. The minimum Gasteiger partial charge on any atom is -0.0648 e. The van der Waals surface area contributed by atoms with Gasteiger partial charge in [0.25, 0.3) is 0 Å². The van der Waals surface area contributed by atoms with Gasteiger partial charge >= 0.3 is 0 Å². The molecule has 0 heteroatoms. The van der Waals surface area contributed by atoms with Crippen molar-refractivity contribution < 1.29 is 0 Å². The summed E-state index contributed by atoms with van der Waals surface area (Å²) in [6.45, 7) is 16.0. The molecule has 12 atom stereocenters. The predicted molar refractivity (Wildman–Crippen MR) is 99.4 cm³/mol. The molecule has 0 heterocycles. The zero-order valence-corrected chi connectivity index (χ0v) is 16.9. The van der Waals surface area contributed by atoms with Gasteiger partial charge in [-0.1, -0.05) is 41.5 Å². The highest BCUT2D eigenvalue weighted by Crippen LogP contribution is 2.94. The summed E-state index contributed by atoms with van der Waals surface area (Å²) in [5, 5.41) is 0. The molecule has 0 aliphatic heterocycles. The minimum absolute atomic E-state index is 0.624. The van der Waals surface area contributed by atoms with Crippen molar-refractivity contribution in [2.45, 2.75) is 80.1 Å². The zero-order chi connectivity index (χ0) is 16.9. The van der Waals surface area contributed by atoms with Crippen LogP contribution in [0.1, 0.15) is 80.1 Å². The molecule has 0 radical (unpaired) electrons. The van der Waals surface area contributed by atoms with Gasteiger partial charge in [0, 0.05) is 0 Å². The third-order valence-corrected chi connectivity index (χ3v) is 13.0. The first-order valence-corrected chi connectivity index (χ1v) is 11.3. The first-order valence-electron chi connectivity index (χ1n) is 11.3. The molecule has 6 saturated carbocycles. The molecular weight excluding hydrogens is 288 g/mol. The lowest BCUT2D eigenvalue weighted by molar-refractivity contribution is -0.337. The largest absolute Gasteiger partial charge is 0.0648 e. The number of hydrogen-bond acceptors (Lipinski definition) is 0. The molecule has 134 valence electrons. The van der Waals surface area contributed by atoms with Crippen LogP contribution >= 0.6 is 0 Å². The molecule has 0 aromatic carbocycles. The van der Waals surface area contributed by atoms with Crippen LogP contribution in [0.5, 0.6) is 0 Å². The Kier molecular flexibility index (Phi) is 2.40. The second-order valence-electron chi connectivity index (χ2n) is 12.0. The molecule has 6 fully saturated rings. The van der Waals surface area contributed by atoms with Gasteiger partial charge in [-0.3, -0.25) is 0 Å². The van der Waals surface area contributed by atoms with E-state index in [0.717, 1.165) is 58.2 Å². The Hall–Kier alpha value is 0. The standard InChI is InChI=1S/C24H38/c1-7-21(3)19-15-12-16(20(19)22(21,4)8-2)24(6)18-14-10-9-13(11-14)17(18)23(15,24)5/h13-20H,7-12H2,1-6H3. The molecule has 0 saturated heterocycles. The summed E-state index contributed by atoms with van der Waals surface area (Å²) in [5.41, 5.74) is 2.68. The summed E-state index contributed by atoms with van der Waals surface area (Å²) in [7, 11) is 0. The summed E-state index contributed by atoms with van der Waals surface area (Å²) in [6, 6.07) is 0. The van der Waals surface area contributed by atoms with E-state index in [1.807, 2.05) is 0 Å². The van der Waals surface area contributed by atoms with E-state index in [9.17, 15) is 0 Å². The highest BCUT2D eigenvalue weighted by molar-refractivity contribution is 5.36. The third kappa shape index (κ3) is 1.03. The van der Waals surface area contributed by atoms with E-state index in [1.54, 1.807) is 25.7 Å². The highest BCUT2D eigenvalue weighted by atomic mass is 14.9. The maximum absolute atomic E-state index is 2.80. The SMILES string of the molecule is CCC1(C)C2C(C3CC2C2(C)C4C5CCC(C5)C4C32C)C1(C)CC. The van der Waals surface area contributed by atoms with Crippen molar-refractivity contribution in [1.29, 1.82) is 0 Å². The normalized spacial score (nSPS) is 73.8. The maximum atomic E-state index is 2.80. The van der Waals surface area contributed by atoms with Gasteiger partial charge in [-0.15, -0.1) is 0 Å². The molecule has 0 amide bonds. The minimum atomic E-state index is 0.624. The molecule has 6 aliphatic carbocycles. The van der Waals surface area contributed by atoms with Gasteiger partial charge in [-0.2, -0.15) is 0 Å². The first kappa shape index (κ1) is 15.1. The monoisotopic (exact) mass is 326 g/mol. The lowest BCUT2D eigenvalue weighted by Crippen LogP contribution is -2.76. The fourth-order valence-electron chi connectivity index (χ4n) is 11.9. The van der Waals surface area contributed by atoms with Gasteiger partial charge in [0.05, 0.1) is 0 Å². The van der Waals surface area contributed by atoms with Crippen LogP contribution in [-0.2, 0) is 0 Å². The third-order valence-electron chi connectivity index (χ3n) is 13.0.